The topological polar surface area (TPSA) is 90.7 Å². The molecule has 8 nitrogen and oxygen atoms in total. The number of sulfonamides is 1. The first kappa shape index (κ1) is 20.3. The van der Waals surface area contributed by atoms with Gasteiger partial charge in [0.25, 0.3) is 5.91 Å². The summed E-state index contributed by atoms with van der Waals surface area (Å²) in [6, 6.07) is 4.78. The first-order chi connectivity index (χ1) is 13.3. The maximum Gasteiger partial charge on any atom is 0.278 e. The van der Waals surface area contributed by atoms with Crippen molar-refractivity contribution in [3.05, 3.63) is 35.2 Å². The minimum atomic E-state index is -3.69. The molecule has 3 rings (SSSR count). The maximum atomic E-state index is 13.1. The zero-order chi connectivity index (χ0) is 20.5. The second kappa shape index (κ2) is 7.92. The number of rotatable bonds is 5. The van der Waals surface area contributed by atoms with Gasteiger partial charge in [0.15, 0.2) is 11.5 Å². The molecule has 1 fully saturated rings. The molecule has 0 aliphatic carbocycles. The minimum absolute atomic E-state index is 0.114. The van der Waals surface area contributed by atoms with Crippen molar-refractivity contribution >= 4 is 15.9 Å². The summed E-state index contributed by atoms with van der Waals surface area (Å²) in [6.07, 6.45) is 2.72. The van der Waals surface area contributed by atoms with Gasteiger partial charge in [-0.3, -0.25) is 4.79 Å². The van der Waals surface area contributed by atoms with Crippen LogP contribution < -0.4 is 9.47 Å². The van der Waals surface area contributed by atoms with Crippen molar-refractivity contribution in [3.63, 3.8) is 0 Å². The molecular weight excluding hydrogens is 382 g/mol. The van der Waals surface area contributed by atoms with Crippen molar-refractivity contribution in [2.24, 2.45) is 0 Å². The fraction of sp³-hybridized carbons (Fsp3) is 0.474. The van der Waals surface area contributed by atoms with E-state index >= 15 is 0 Å². The number of methoxy groups -OCH3 is 2. The highest BCUT2D eigenvalue weighted by molar-refractivity contribution is 7.89. The van der Waals surface area contributed by atoms with Gasteiger partial charge < -0.3 is 9.47 Å². The summed E-state index contributed by atoms with van der Waals surface area (Å²) in [7, 11) is -0.692. The zero-order valence-electron chi connectivity index (χ0n) is 16.6. The van der Waals surface area contributed by atoms with Gasteiger partial charge in [-0.05, 0) is 44.9 Å². The van der Waals surface area contributed by atoms with Crippen molar-refractivity contribution in [1.29, 1.82) is 0 Å². The van der Waals surface area contributed by atoms with Crippen LogP contribution in [0.3, 0.4) is 0 Å². The van der Waals surface area contributed by atoms with Gasteiger partial charge in [-0.15, -0.1) is 0 Å². The first-order valence-electron chi connectivity index (χ1n) is 9.14. The summed E-state index contributed by atoms with van der Waals surface area (Å²) in [5.41, 5.74) is 0.949. The Morgan fingerprint density at radius 2 is 1.68 bits per heavy atom. The van der Waals surface area contributed by atoms with Gasteiger partial charge in [0.05, 0.1) is 25.6 Å². The lowest BCUT2D eigenvalue weighted by atomic mass is 10.2. The number of carbonyl (C=O) groups excluding carboxylic acids is 1. The van der Waals surface area contributed by atoms with E-state index in [-0.39, 0.29) is 4.90 Å². The van der Waals surface area contributed by atoms with Crippen molar-refractivity contribution in [2.45, 2.75) is 38.0 Å². The number of benzene rings is 1. The smallest absolute Gasteiger partial charge is 0.278 e. The van der Waals surface area contributed by atoms with Crippen LogP contribution in [0.15, 0.2) is 23.1 Å². The molecule has 152 valence electrons. The van der Waals surface area contributed by atoms with Crippen LogP contribution in [0, 0.1) is 13.8 Å². The van der Waals surface area contributed by atoms with E-state index in [1.54, 1.807) is 32.0 Å². The average molecular weight is 407 g/mol. The zero-order valence-corrected chi connectivity index (χ0v) is 17.4. The van der Waals surface area contributed by atoms with Crippen LogP contribution >= 0.6 is 0 Å². The molecule has 1 saturated heterocycles. The molecule has 0 radical (unpaired) electrons. The number of hydrogen-bond donors (Lipinski definition) is 0. The third-order valence-corrected chi connectivity index (χ3v) is 7.11. The number of carbonyl (C=O) groups is 1. The van der Waals surface area contributed by atoms with Crippen molar-refractivity contribution < 1.29 is 22.7 Å². The molecule has 1 aromatic carbocycles. The largest absolute Gasteiger partial charge is 0.493 e. The van der Waals surface area contributed by atoms with Crippen LogP contribution in [-0.4, -0.2) is 55.7 Å². The van der Waals surface area contributed by atoms with Gasteiger partial charge >= 0.3 is 0 Å². The highest BCUT2D eigenvalue weighted by Gasteiger charge is 2.33. The third-order valence-electron chi connectivity index (χ3n) is 4.96. The SMILES string of the molecule is COc1ccc(C(=O)n2nc(C)c(S(=O)(=O)N3CCCCC3)c2C)cc1OC. The van der Waals surface area contributed by atoms with E-state index < -0.39 is 15.9 Å². The number of aryl methyl sites for hydroxylation is 1. The third kappa shape index (κ3) is 3.51. The van der Waals surface area contributed by atoms with E-state index in [1.807, 2.05) is 0 Å². The van der Waals surface area contributed by atoms with E-state index in [4.69, 9.17) is 9.47 Å². The molecule has 0 bridgehead atoms. The first-order valence-corrected chi connectivity index (χ1v) is 10.6. The monoisotopic (exact) mass is 407 g/mol. The Bertz CT molecular complexity index is 991. The lowest BCUT2D eigenvalue weighted by Gasteiger charge is -2.25. The highest BCUT2D eigenvalue weighted by Crippen LogP contribution is 2.29. The molecule has 1 aliphatic heterocycles. The predicted octanol–water partition coefficient (Wildman–Crippen LogP) is 2.38. The van der Waals surface area contributed by atoms with E-state index in [9.17, 15) is 13.2 Å². The predicted molar refractivity (Wildman–Crippen MR) is 104 cm³/mol. The van der Waals surface area contributed by atoms with Gasteiger partial charge in [0.1, 0.15) is 4.90 Å². The quantitative estimate of drug-likeness (QED) is 0.756. The Hall–Kier alpha value is -2.39. The number of aromatic nitrogens is 2. The summed E-state index contributed by atoms with van der Waals surface area (Å²) in [5.74, 6) is 0.485. The standard InChI is InChI=1S/C19H25N3O5S/c1-13-18(28(24,25)21-10-6-5-7-11-21)14(2)22(20-13)19(23)15-8-9-16(26-3)17(12-15)27-4/h8-9,12H,5-7,10-11H2,1-4H3. The highest BCUT2D eigenvalue weighted by atomic mass is 32.2. The molecular formula is C19H25N3O5S. The fourth-order valence-corrected chi connectivity index (χ4v) is 5.40. The average Bonchev–Trinajstić information content (AvgIpc) is 3.02. The number of ether oxygens (including phenoxy) is 2. The molecule has 0 unspecified atom stereocenters. The Morgan fingerprint density at radius 1 is 1.04 bits per heavy atom. The summed E-state index contributed by atoms with van der Waals surface area (Å²) in [5, 5.41) is 4.23. The van der Waals surface area contributed by atoms with Crippen molar-refractivity contribution in [3.8, 4) is 11.5 Å². The van der Waals surface area contributed by atoms with Gasteiger partial charge in [0.2, 0.25) is 10.0 Å². The Balaban J connectivity index is 2.01. The maximum absolute atomic E-state index is 13.1. The molecule has 0 spiro atoms. The molecule has 0 amide bonds. The summed E-state index contributed by atoms with van der Waals surface area (Å²) in [6.45, 7) is 4.21. The molecule has 0 saturated carbocycles. The second-order valence-corrected chi connectivity index (χ2v) is 8.63. The van der Waals surface area contributed by atoms with Crippen LogP contribution in [0.5, 0.6) is 11.5 Å². The molecule has 1 aliphatic rings. The van der Waals surface area contributed by atoms with Crippen LogP contribution in [0.25, 0.3) is 0 Å². The lowest BCUT2D eigenvalue weighted by Crippen LogP contribution is -2.36. The molecule has 0 atom stereocenters. The van der Waals surface area contributed by atoms with Crippen LogP contribution in [0.4, 0.5) is 0 Å². The van der Waals surface area contributed by atoms with E-state index in [0.717, 1.165) is 23.9 Å². The molecule has 9 heteroatoms. The van der Waals surface area contributed by atoms with Crippen molar-refractivity contribution in [2.75, 3.05) is 27.3 Å². The van der Waals surface area contributed by atoms with Gasteiger partial charge in [-0.1, -0.05) is 6.42 Å². The Kier molecular flexibility index (Phi) is 5.76. The Labute approximate surface area is 165 Å². The lowest BCUT2D eigenvalue weighted by molar-refractivity contribution is 0.0941. The van der Waals surface area contributed by atoms with Gasteiger partial charge in [-0.2, -0.15) is 14.1 Å². The fourth-order valence-electron chi connectivity index (χ4n) is 3.53. The van der Waals surface area contributed by atoms with E-state index in [1.165, 1.54) is 18.5 Å². The van der Waals surface area contributed by atoms with Crippen LogP contribution in [-0.2, 0) is 10.0 Å². The van der Waals surface area contributed by atoms with Crippen LogP contribution in [0.1, 0.15) is 41.0 Å². The minimum Gasteiger partial charge on any atom is -0.493 e. The second-order valence-electron chi connectivity index (χ2n) is 6.75. The van der Waals surface area contributed by atoms with Crippen LogP contribution in [0.2, 0.25) is 0 Å². The molecule has 2 heterocycles. The summed E-state index contributed by atoms with van der Waals surface area (Å²) in [4.78, 5) is 13.1. The summed E-state index contributed by atoms with van der Waals surface area (Å²) < 4.78 is 39.3. The molecule has 0 N–H and O–H groups in total. The number of hydrogen-bond acceptors (Lipinski definition) is 6. The molecule has 1 aromatic heterocycles. The van der Waals surface area contributed by atoms with Gasteiger partial charge in [-0.25, -0.2) is 8.42 Å². The Morgan fingerprint density at radius 3 is 2.29 bits per heavy atom. The number of piperidine rings is 1. The summed E-state index contributed by atoms with van der Waals surface area (Å²) >= 11 is 0. The van der Waals surface area contributed by atoms with Gasteiger partial charge in [0, 0.05) is 18.7 Å². The molecule has 28 heavy (non-hydrogen) atoms. The molecule has 2 aromatic rings. The van der Waals surface area contributed by atoms with E-state index in [0.29, 0.717) is 41.5 Å². The van der Waals surface area contributed by atoms with E-state index in [2.05, 4.69) is 5.10 Å². The van der Waals surface area contributed by atoms with Crippen molar-refractivity contribution in [1.82, 2.24) is 14.1 Å². The number of nitrogens with zero attached hydrogens (tertiary/aromatic N) is 3. The normalized spacial score (nSPS) is 15.4.